The van der Waals surface area contributed by atoms with Crippen molar-refractivity contribution in [2.75, 3.05) is 12.4 Å². The first-order chi connectivity index (χ1) is 8.20. The number of hydrogen-bond donors (Lipinski definition) is 1. The number of rotatable bonds is 3. The van der Waals surface area contributed by atoms with Crippen LogP contribution < -0.4 is 5.32 Å². The fraction of sp³-hybridized carbons (Fsp3) is 0.571. The van der Waals surface area contributed by atoms with Crippen molar-refractivity contribution in [3.8, 4) is 0 Å². The monoisotopic (exact) mass is 297 g/mol. The van der Waals surface area contributed by atoms with Gasteiger partial charge in [-0.15, -0.1) is 0 Å². The zero-order valence-electron chi connectivity index (χ0n) is 10.5. The molecule has 1 aromatic rings. The minimum atomic E-state index is 0.354. The summed E-state index contributed by atoms with van der Waals surface area (Å²) < 4.78 is 6.70. The van der Waals surface area contributed by atoms with Crippen molar-refractivity contribution in [3.63, 3.8) is 0 Å². The highest BCUT2D eigenvalue weighted by atomic mass is 79.9. The molecule has 1 fully saturated rings. The van der Waals surface area contributed by atoms with Crippen LogP contribution >= 0.6 is 15.9 Å². The molecule has 0 bridgehead atoms. The summed E-state index contributed by atoms with van der Waals surface area (Å²) in [5.41, 5.74) is 2.50. The molecule has 0 heterocycles. The summed E-state index contributed by atoms with van der Waals surface area (Å²) >= 11 is 3.49. The summed E-state index contributed by atoms with van der Waals surface area (Å²) in [4.78, 5) is 0. The maximum atomic E-state index is 5.57. The van der Waals surface area contributed by atoms with Crippen molar-refractivity contribution in [2.24, 2.45) is 0 Å². The van der Waals surface area contributed by atoms with E-state index in [4.69, 9.17) is 4.74 Å². The molecule has 94 valence electrons. The molecule has 1 saturated carbocycles. The molecule has 2 unspecified atom stereocenters. The van der Waals surface area contributed by atoms with E-state index in [1.807, 2.05) is 7.11 Å². The second kappa shape index (κ2) is 5.87. The Balaban J connectivity index is 2.08. The predicted molar refractivity (Wildman–Crippen MR) is 75.6 cm³/mol. The minimum Gasteiger partial charge on any atom is -0.379 e. The second-order valence-electron chi connectivity index (χ2n) is 4.77. The SMILES string of the molecule is COC1CCCCC1Nc1ccc(Br)cc1C. The zero-order valence-corrected chi connectivity index (χ0v) is 12.1. The smallest absolute Gasteiger partial charge is 0.0772 e. The minimum absolute atomic E-state index is 0.354. The standard InChI is InChI=1S/C14H20BrNO/c1-10-9-11(15)7-8-12(10)16-13-5-3-4-6-14(13)17-2/h7-9,13-14,16H,3-6H2,1-2H3. The lowest BCUT2D eigenvalue weighted by Crippen LogP contribution is -2.37. The van der Waals surface area contributed by atoms with Gasteiger partial charge in [0.15, 0.2) is 0 Å². The van der Waals surface area contributed by atoms with Crippen LogP contribution in [0.3, 0.4) is 0 Å². The lowest BCUT2D eigenvalue weighted by molar-refractivity contribution is 0.0606. The van der Waals surface area contributed by atoms with Crippen LogP contribution in [0.25, 0.3) is 0 Å². The van der Waals surface area contributed by atoms with Gasteiger partial charge < -0.3 is 10.1 Å². The fourth-order valence-corrected chi connectivity index (χ4v) is 3.01. The van der Waals surface area contributed by atoms with Crippen molar-refractivity contribution >= 4 is 21.6 Å². The summed E-state index contributed by atoms with van der Waals surface area (Å²) in [5.74, 6) is 0. The van der Waals surface area contributed by atoms with E-state index in [2.05, 4.69) is 46.4 Å². The van der Waals surface area contributed by atoms with Crippen molar-refractivity contribution in [2.45, 2.75) is 44.8 Å². The first-order valence-electron chi connectivity index (χ1n) is 6.26. The molecule has 0 radical (unpaired) electrons. The van der Waals surface area contributed by atoms with Gasteiger partial charge in [-0.2, -0.15) is 0 Å². The van der Waals surface area contributed by atoms with Gasteiger partial charge >= 0.3 is 0 Å². The second-order valence-corrected chi connectivity index (χ2v) is 5.68. The quantitative estimate of drug-likeness (QED) is 0.906. The Morgan fingerprint density at radius 3 is 2.76 bits per heavy atom. The van der Waals surface area contributed by atoms with Crippen molar-refractivity contribution in [3.05, 3.63) is 28.2 Å². The molecule has 0 saturated heterocycles. The Hall–Kier alpha value is -0.540. The van der Waals surface area contributed by atoms with Gasteiger partial charge in [-0.3, -0.25) is 0 Å². The normalized spacial score (nSPS) is 24.6. The van der Waals surface area contributed by atoms with Gasteiger partial charge in [-0.25, -0.2) is 0 Å². The molecule has 17 heavy (non-hydrogen) atoms. The van der Waals surface area contributed by atoms with E-state index >= 15 is 0 Å². The molecule has 1 N–H and O–H groups in total. The predicted octanol–water partition coefficient (Wildman–Crippen LogP) is 4.13. The summed E-state index contributed by atoms with van der Waals surface area (Å²) in [6.45, 7) is 2.14. The van der Waals surface area contributed by atoms with E-state index in [0.717, 1.165) is 4.47 Å². The van der Waals surface area contributed by atoms with E-state index in [-0.39, 0.29) is 0 Å². The molecule has 1 aliphatic rings. The highest BCUT2D eigenvalue weighted by Crippen LogP contribution is 2.26. The van der Waals surface area contributed by atoms with Gasteiger partial charge in [0.1, 0.15) is 0 Å². The highest BCUT2D eigenvalue weighted by Gasteiger charge is 2.24. The number of aryl methyl sites for hydroxylation is 1. The molecule has 1 aliphatic carbocycles. The molecule has 2 atom stereocenters. The summed E-state index contributed by atoms with van der Waals surface area (Å²) in [6.07, 6.45) is 5.31. The number of methoxy groups -OCH3 is 1. The third-order valence-corrected chi connectivity index (χ3v) is 4.03. The molecule has 0 aromatic heterocycles. The van der Waals surface area contributed by atoms with Crippen molar-refractivity contribution < 1.29 is 4.74 Å². The van der Waals surface area contributed by atoms with Crippen LogP contribution in [-0.4, -0.2) is 19.3 Å². The zero-order chi connectivity index (χ0) is 12.3. The van der Waals surface area contributed by atoms with Gasteiger partial charge in [0, 0.05) is 17.3 Å². The van der Waals surface area contributed by atoms with E-state index in [1.54, 1.807) is 0 Å². The number of nitrogens with one attached hydrogen (secondary N) is 1. The number of halogens is 1. The molecule has 3 heteroatoms. The van der Waals surface area contributed by atoms with E-state index in [9.17, 15) is 0 Å². The van der Waals surface area contributed by atoms with Gasteiger partial charge in [0.25, 0.3) is 0 Å². The summed E-state index contributed by atoms with van der Waals surface area (Å²) in [6, 6.07) is 6.82. The maximum absolute atomic E-state index is 5.57. The Labute approximate surface area is 112 Å². The van der Waals surface area contributed by atoms with Crippen LogP contribution in [0.15, 0.2) is 22.7 Å². The van der Waals surface area contributed by atoms with E-state index < -0.39 is 0 Å². The first kappa shape index (κ1) is 12.9. The van der Waals surface area contributed by atoms with Crippen LogP contribution in [0.1, 0.15) is 31.2 Å². The van der Waals surface area contributed by atoms with Crippen LogP contribution in [0.4, 0.5) is 5.69 Å². The molecule has 1 aromatic carbocycles. The van der Waals surface area contributed by atoms with Crippen LogP contribution in [-0.2, 0) is 4.74 Å². The lowest BCUT2D eigenvalue weighted by atomic mass is 9.92. The topological polar surface area (TPSA) is 21.3 Å². The number of anilines is 1. The van der Waals surface area contributed by atoms with Gasteiger partial charge in [0.05, 0.1) is 12.1 Å². The Morgan fingerprint density at radius 2 is 2.06 bits per heavy atom. The lowest BCUT2D eigenvalue weighted by Gasteiger charge is -2.32. The molecule has 2 nitrogen and oxygen atoms in total. The molecular formula is C14H20BrNO. The third-order valence-electron chi connectivity index (χ3n) is 3.53. The number of hydrogen-bond acceptors (Lipinski definition) is 2. The Bertz CT molecular complexity index is 380. The average molecular weight is 298 g/mol. The molecule has 0 aliphatic heterocycles. The fourth-order valence-electron chi connectivity index (χ4n) is 2.53. The Morgan fingerprint density at radius 1 is 1.29 bits per heavy atom. The van der Waals surface area contributed by atoms with Crippen molar-refractivity contribution in [1.82, 2.24) is 0 Å². The average Bonchev–Trinajstić information content (AvgIpc) is 2.33. The Kier molecular flexibility index (Phi) is 4.46. The maximum Gasteiger partial charge on any atom is 0.0772 e. The van der Waals surface area contributed by atoms with E-state index in [1.165, 1.54) is 36.9 Å². The molecule has 2 rings (SSSR count). The number of benzene rings is 1. The number of ether oxygens (including phenoxy) is 1. The van der Waals surface area contributed by atoms with Gasteiger partial charge in [-0.1, -0.05) is 28.8 Å². The third kappa shape index (κ3) is 3.23. The highest BCUT2D eigenvalue weighted by molar-refractivity contribution is 9.10. The summed E-state index contributed by atoms with van der Waals surface area (Å²) in [7, 11) is 1.82. The van der Waals surface area contributed by atoms with Gasteiger partial charge in [-0.05, 0) is 43.5 Å². The van der Waals surface area contributed by atoms with Crippen LogP contribution in [0.5, 0.6) is 0 Å². The van der Waals surface area contributed by atoms with Crippen molar-refractivity contribution in [1.29, 1.82) is 0 Å². The van der Waals surface area contributed by atoms with Gasteiger partial charge in [0.2, 0.25) is 0 Å². The molecular weight excluding hydrogens is 278 g/mol. The first-order valence-corrected chi connectivity index (χ1v) is 7.05. The van der Waals surface area contributed by atoms with Crippen LogP contribution in [0, 0.1) is 6.92 Å². The molecule has 0 spiro atoms. The molecule has 0 amide bonds. The van der Waals surface area contributed by atoms with Crippen LogP contribution in [0.2, 0.25) is 0 Å². The summed E-state index contributed by atoms with van der Waals surface area (Å²) in [5, 5.41) is 3.63. The largest absolute Gasteiger partial charge is 0.379 e. The van der Waals surface area contributed by atoms with E-state index in [0.29, 0.717) is 12.1 Å².